The van der Waals surface area contributed by atoms with E-state index in [1.807, 2.05) is 24.3 Å². The molecule has 2 N–H and O–H groups in total. The van der Waals surface area contributed by atoms with E-state index in [1.165, 1.54) is 5.39 Å². The minimum Gasteiger partial charge on any atom is -0.337 e. The fourth-order valence-electron chi connectivity index (χ4n) is 1.90. The van der Waals surface area contributed by atoms with Gasteiger partial charge in [0, 0.05) is 35.9 Å². The molecule has 20 heavy (non-hydrogen) atoms. The Labute approximate surface area is 121 Å². The van der Waals surface area contributed by atoms with Crippen LogP contribution in [0, 0.1) is 0 Å². The first-order valence-corrected chi connectivity index (χ1v) is 8.17. The fraction of sp³-hybridized carbons (Fsp3) is 0.267. The molecule has 2 amide bonds. The van der Waals surface area contributed by atoms with Gasteiger partial charge >= 0.3 is 6.03 Å². The average molecular weight is 290 g/mol. The van der Waals surface area contributed by atoms with Gasteiger partial charge in [0.1, 0.15) is 0 Å². The summed E-state index contributed by atoms with van der Waals surface area (Å²) in [6, 6.07) is 14.0. The Balaban J connectivity index is 1.86. The van der Waals surface area contributed by atoms with Gasteiger partial charge in [-0.15, -0.1) is 0 Å². The summed E-state index contributed by atoms with van der Waals surface area (Å²) in [5.74, 6) is 0.476. The monoisotopic (exact) mass is 290 g/mol. The molecular formula is C15H18N2O2S. The summed E-state index contributed by atoms with van der Waals surface area (Å²) in [4.78, 5) is 11.5. The maximum Gasteiger partial charge on any atom is 0.315 e. The Hall–Kier alpha value is -1.88. The van der Waals surface area contributed by atoms with Crippen LogP contribution in [0.1, 0.15) is 5.56 Å². The lowest BCUT2D eigenvalue weighted by Gasteiger charge is -2.08. The lowest BCUT2D eigenvalue weighted by molar-refractivity contribution is 0.241. The summed E-state index contributed by atoms with van der Waals surface area (Å²) in [6.07, 6.45) is 1.62. The van der Waals surface area contributed by atoms with Gasteiger partial charge in [0.15, 0.2) is 0 Å². The molecule has 2 aromatic carbocycles. The maximum absolute atomic E-state index is 11.5. The van der Waals surface area contributed by atoms with Crippen LogP contribution in [0.15, 0.2) is 42.5 Å². The number of rotatable bonds is 5. The third-order valence-corrected chi connectivity index (χ3v) is 3.72. The van der Waals surface area contributed by atoms with Crippen LogP contribution in [0.2, 0.25) is 0 Å². The normalized spacial score (nSPS) is 12.1. The van der Waals surface area contributed by atoms with Gasteiger partial charge in [0.2, 0.25) is 0 Å². The van der Waals surface area contributed by atoms with Crippen LogP contribution in [0.5, 0.6) is 0 Å². The summed E-state index contributed by atoms with van der Waals surface area (Å²) in [5, 5.41) is 7.81. The summed E-state index contributed by atoms with van der Waals surface area (Å²) < 4.78 is 10.9. The number of carbonyl (C=O) groups is 1. The number of carbonyl (C=O) groups excluding carboxylic acids is 1. The number of hydrogen-bond acceptors (Lipinski definition) is 2. The molecule has 0 aliphatic carbocycles. The van der Waals surface area contributed by atoms with Gasteiger partial charge in [-0.2, -0.15) is 0 Å². The van der Waals surface area contributed by atoms with Crippen molar-refractivity contribution in [1.82, 2.24) is 10.6 Å². The Bertz CT molecular complexity index is 628. The van der Waals surface area contributed by atoms with E-state index in [4.69, 9.17) is 0 Å². The zero-order valence-corrected chi connectivity index (χ0v) is 12.2. The molecule has 4 nitrogen and oxygen atoms in total. The summed E-state index contributed by atoms with van der Waals surface area (Å²) in [6.45, 7) is 0.901. The Morgan fingerprint density at radius 1 is 1.10 bits per heavy atom. The highest BCUT2D eigenvalue weighted by molar-refractivity contribution is 7.84. The number of hydrogen-bond donors (Lipinski definition) is 2. The largest absolute Gasteiger partial charge is 0.337 e. The standard InChI is InChI=1S/C15H18N2O2S/c1-20(19)9-8-16-15(18)17-11-12-6-7-13-4-2-3-5-14(13)10-12/h2-7,10H,8-9,11H2,1H3,(H2,16,17,18). The molecule has 0 aliphatic rings. The molecule has 0 aromatic heterocycles. The van der Waals surface area contributed by atoms with E-state index in [1.54, 1.807) is 6.26 Å². The molecule has 1 unspecified atom stereocenters. The molecule has 0 bridgehead atoms. The minimum atomic E-state index is -0.880. The smallest absolute Gasteiger partial charge is 0.315 e. The highest BCUT2D eigenvalue weighted by Crippen LogP contribution is 2.15. The molecule has 0 radical (unpaired) electrons. The van der Waals surface area contributed by atoms with Crippen molar-refractivity contribution in [3.8, 4) is 0 Å². The first kappa shape index (κ1) is 14.5. The van der Waals surface area contributed by atoms with Crippen LogP contribution in [0.4, 0.5) is 4.79 Å². The molecule has 0 spiro atoms. The third-order valence-electron chi connectivity index (χ3n) is 2.94. The zero-order valence-electron chi connectivity index (χ0n) is 11.4. The van der Waals surface area contributed by atoms with Gasteiger partial charge < -0.3 is 10.6 Å². The van der Waals surface area contributed by atoms with E-state index in [0.717, 1.165) is 10.9 Å². The zero-order chi connectivity index (χ0) is 14.4. The number of fused-ring (bicyclic) bond motifs is 1. The molecule has 1 atom stereocenters. The summed E-state index contributed by atoms with van der Waals surface area (Å²) in [7, 11) is -0.880. The van der Waals surface area contributed by atoms with Crippen molar-refractivity contribution in [2.24, 2.45) is 0 Å². The van der Waals surface area contributed by atoms with E-state index in [-0.39, 0.29) is 6.03 Å². The molecular weight excluding hydrogens is 272 g/mol. The van der Waals surface area contributed by atoms with E-state index in [2.05, 4.69) is 28.8 Å². The quantitative estimate of drug-likeness (QED) is 0.885. The van der Waals surface area contributed by atoms with Crippen molar-refractivity contribution in [2.75, 3.05) is 18.6 Å². The first-order chi connectivity index (χ1) is 9.65. The number of nitrogens with one attached hydrogen (secondary N) is 2. The van der Waals surface area contributed by atoms with Crippen LogP contribution in [-0.2, 0) is 17.3 Å². The van der Waals surface area contributed by atoms with Gasteiger partial charge in [-0.25, -0.2) is 4.79 Å². The van der Waals surface area contributed by atoms with Crippen LogP contribution >= 0.6 is 0 Å². The van der Waals surface area contributed by atoms with Gasteiger partial charge in [-0.05, 0) is 22.4 Å². The third kappa shape index (κ3) is 4.35. The van der Waals surface area contributed by atoms with Crippen molar-refractivity contribution in [3.05, 3.63) is 48.0 Å². The highest BCUT2D eigenvalue weighted by atomic mass is 32.2. The predicted molar refractivity (Wildman–Crippen MR) is 83.1 cm³/mol. The molecule has 0 saturated heterocycles. The summed E-state index contributed by atoms with van der Waals surface area (Å²) >= 11 is 0. The van der Waals surface area contributed by atoms with E-state index in [9.17, 15) is 9.00 Å². The molecule has 2 rings (SSSR count). The molecule has 0 aliphatic heterocycles. The second kappa shape index (κ2) is 7.05. The Morgan fingerprint density at radius 2 is 1.85 bits per heavy atom. The Morgan fingerprint density at radius 3 is 2.60 bits per heavy atom. The molecule has 2 aromatic rings. The van der Waals surface area contributed by atoms with Gasteiger partial charge in [-0.1, -0.05) is 36.4 Å². The highest BCUT2D eigenvalue weighted by Gasteiger charge is 2.01. The van der Waals surface area contributed by atoms with Crippen molar-refractivity contribution in [1.29, 1.82) is 0 Å². The number of benzene rings is 2. The SMILES string of the molecule is CS(=O)CCNC(=O)NCc1ccc2ccccc2c1. The van der Waals surface area contributed by atoms with Crippen LogP contribution in [-0.4, -0.2) is 28.8 Å². The Kier molecular flexibility index (Phi) is 5.12. The molecule has 0 heterocycles. The second-order valence-corrected chi connectivity index (χ2v) is 6.12. The van der Waals surface area contributed by atoms with Crippen molar-refractivity contribution in [2.45, 2.75) is 6.54 Å². The van der Waals surface area contributed by atoms with Gasteiger partial charge in [0.25, 0.3) is 0 Å². The van der Waals surface area contributed by atoms with E-state index >= 15 is 0 Å². The predicted octanol–water partition coefficient (Wildman–Crippen LogP) is 2.02. The van der Waals surface area contributed by atoms with Crippen molar-refractivity contribution in [3.63, 3.8) is 0 Å². The molecule has 0 fully saturated rings. The topological polar surface area (TPSA) is 58.2 Å². The van der Waals surface area contributed by atoms with Crippen molar-refractivity contribution >= 4 is 27.6 Å². The second-order valence-electron chi connectivity index (χ2n) is 4.57. The first-order valence-electron chi connectivity index (χ1n) is 6.44. The maximum atomic E-state index is 11.5. The molecule has 0 saturated carbocycles. The van der Waals surface area contributed by atoms with Crippen LogP contribution < -0.4 is 10.6 Å². The van der Waals surface area contributed by atoms with Crippen LogP contribution in [0.3, 0.4) is 0 Å². The van der Waals surface area contributed by atoms with Crippen molar-refractivity contribution < 1.29 is 9.00 Å². The average Bonchev–Trinajstić information content (AvgIpc) is 2.44. The van der Waals surface area contributed by atoms with E-state index in [0.29, 0.717) is 18.8 Å². The molecule has 5 heteroatoms. The fourth-order valence-corrected chi connectivity index (χ4v) is 2.29. The van der Waals surface area contributed by atoms with Gasteiger partial charge in [-0.3, -0.25) is 4.21 Å². The molecule has 106 valence electrons. The van der Waals surface area contributed by atoms with Crippen LogP contribution in [0.25, 0.3) is 10.8 Å². The van der Waals surface area contributed by atoms with E-state index < -0.39 is 10.8 Å². The summed E-state index contributed by atoms with van der Waals surface area (Å²) in [5.41, 5.74) is 1.05. The lowest BCUT2D eigenvalue weighted by Crippen LogP contribution is -2.37. The minimum absolute atomic E-state index is 0.233. The number of amides is 2. The van der Waals surface area contributed by atoms with Gasteiger partial charge in [0.05, 0.1) is 0 Å². The lowest BCUT2D eigenvalue weighted by atomic mass is 10.1. The number of urea groups is 1.